The average molecular weight is 332 g/mol. The van der Waals surface area contributed by atoms with Gasteiger partial charge in [-0.15, -0.1) is 15.0 Å². The number of rotatable bonds is 4. The van der Waals surface area contributed by atoms with Crippen molar-refractivity contribution in [1.29, 1.82) is 0 Å². The molecule has 118 valence electrons. The summed E-state index contributed by atoms with van der Waals surface area (Å²) in [6.45, 7) is 1.75. The van der Waals surface area contributed by atoms with E-state index in [0.717, 1.165) is 5.56 Å². The molecule has 0 saturated carbocycles. The summed E-state index contributed by atoms with van der Waals surface area (Å²) in [5, 5.41) is 28.3. The highest BCUT2D eigenvalue weighted by atomic mass is 35.5. The minimum atomic E-state index is -0.866. The molecule has 0 amide bonds. The summed E-state index contributed by atoms with van der Waals surface area (Å²) in [5.74, 6) is -0.801. The van der Waals surface area contributed by atoms with Crippen LogP contribution in [0.3, 0.4) is 0 Å². The van der Waals surface area contributed by atoms with Gasteiger partial charge in [0.1, 0.15) is 22.5 Å². The number of phenolic OH excluding ortho intramolecular Hbond substituents is 1. The summed E-state index contributed by atoms with van der Waals surface area (Å²) < 4.78 is 0. The van der Waals surface area contributed by atoms with Gasteiger partial charge in [-0.05, 0) is 48.7 Å². The standard InChI is InChI=1S/C16H14ClN3O3/c1-9-6-10(2-5-15(21)22)7-14(16(9)23)20-18-12-4-3-11(17)8-13(12)19-20/h3-4,6-8,23H,2,5H2,1H3,(H,21,22). The Bertz CT molecular complexity index is 905. The van der Waals surface area contributed by atoms with Gasteiger partial charge in [0.2, 0.25) is 0 Å². The predicted molar refractivity (Wildman–Crippen MR) is 86.2 cm³/mol. The van der Waals surface area contributed by atoms with Crippen molar-refractivity contribution in [1.82, 2.24) is 15.0 Å². The van der Waals surface area contributed by atoms with Gasteiger partial charge in [0.05, 0.1) is 0 Å². The number of benzene rings is 2. The van der Waals surface area contributed by atoms with E-state index >= 15 is 0 Å². The number of aromatic hydroxyl groups is 1. The Morgan fingerprint density at radius 3 is 2.70 bits per heavy atom. The molecule has 3 aromatic rings. The monoisotopic (exact) mass is 331 g/mol. The van der Waals surface area contributed by atoms with Crippen LogP contribution in [0.25, 0.3) is 16.7 Å². The number of aryl methyl sites for hydroxylation is 2. The smallest absolute Gasteiger partial charge is 0.303 e. The molecule has 0 radical (unpaired) electrons. The largest absolute Gasteiger partial charge is 0.505 e. The molecule has 0 spiro atoms. The Hall–Kier alpha value is -2.60. The van der Waals surface area contributed by atoms with E-state index in [4.69, 9.17) is 16.7 Å². The van der Waals surface area contributed by atoms with Crippen molar-refractivity contribution in [3.63, 3.8) is 0 Å². The summed E-state index contributed by atoms with van der Waals surface area (Å²) in [6.07, 6.45) is 0.393. The quantitative estimate of drug-likeness (QED) is 0.767. The summed E-state index contributed by atoms with van der Waals surface area (Å²) >= 11 is 5.94. The predicted octanol–water partition coefficient (Wildman–Crippen LogP) is 3.11. The van der Waals surface area contributed by atoms with E-state index in [1.54, 1.807) is 37.3 Å². The van der Waals surface area contributed by atoms with Crippen LogP contribution in [0.4, 0.5) is 0 Å². The molecule has 7 heteroatoms. The van der Waals surface area contributed by atoms with Crippen molar-refractivity contribution in [2.45, 2.75) is 19.8 Å². The first-order valence-corrected chi connectivity index (χ1v) is 7.39. The van der Waals surface area contributed by atoms with E-state index in [-0.39, 0.29) is 12.2 Å². The number of carboxylic acid groups (broad SMARTS) is 1. The fourth-order valence-electron chi connectivity index (χ4n) is 2.38. The normalized spacial score (nSPS) is 11.0. The minimum Gasteiger partial charge on any atom is -0.505 e. The van der Waals surface area contributed by atoms with Crippen LogP contribution in [0.1, 0.15) is 17.5 Å². The summed E-state index contributed by atoms with van der Waals surface area (Å²) in [4.78, 5) is 12.1. The van der Waals surface area contributed by atoms with Gasteiger partial charge in [-0.25, -0.2) is 0 Å². The lowest BCUT2D eigenvalue weighted by Gasteiger charge is -2.09. The maximum atomic E-state index is 10.7. The minimum absolute atomic E-state index is 0.0216. The second-order valence-corrected chi connectivity index (χ2v) is 5.73. The van der Waals surface area contributed by atoms with Crippen LogP contribution in [-0.4, -0.2) is 31.2 Å². The van der Waals surface area contributed by atoms with Crippen LogP contribution >= 0.6 is 11.6 Å². The molecule has 2 N–H and O–H groups in total. The number of carboxylic acids is 1. The Balaban J connectivity index is 2.07. The van der Waals surface area contributed by atoms with Gasteiger partial charge in [0.25, 0.3) is 0 Å². The molecular weight excluding hydrogens is 318 g/mol. The maximum Gasteiger partial charge on any atom is 0.303 e. The van der Waals surface area contributed by atoms with E-state index in [2.05, 4.69) is 10.2 Å². The number of aliphatic carboxylic acids is 1. The molecule has 1 aromatic heterocycles. The van der Waals surface area contributed by atoms with Crippen molar-refractivity contribution >= 4 is 28.6 Å². The van der Waals surface area contributed by atoms with Crippen molar-refractivity contribution in [3.05, 3.63) is 46.5 Å². The lowest BCUT2D eigenvalue weighted by atomic mass is 10.0. The lowest BCUT2D eigenvalue weighted by molar-refractivity contribution is -0.136. The van der Waals surface area contributed by atoms with E-state index in [1.807, 2.05) is 0 Å². The third-order valence-electron chi connectivity index (χ3n) is 3.53. The van der Waals surface area contributed by atoms with Crippen LogP contribution in [0.15, 0.2) is 30.3 Å². The third-order valence-corrected chi connectivity index (χ3v) is 3.76. The second-order valence-electron chi connectivity index (χ2n) is 5.30. The van der Waals surface area contributed by atoms with Crippen LogP contribution in [0.5, 0.6) is 5.75 Å². The molecule has 0 saturated heterocycles. The Kier molecular flexibility index (Phi) is 3.92. The van der Waals surface area contributed by atoms with E-state index < -0.39 is 5.97 Å². The van der Waals surface area contributed by atoms with E-state index in [9.17, 15) is 9.90 Å². The molecule has 23 heavy (non-hydrogen) atoms. The van der Waals surface area contributed by atoms with Gasteiger partial charge in [-0.2, -0.15) is 0 Å². The molecule has 0 aliphatic carbocycles. The number of fused-ring (bicyclic) bond motifs is 1. The zero-order valence-electron chi connectivity index (χ0n) is 12.3. The molecular formula is C16H14ClN3O3. The Morgan fingerprint density at radius 2 is 1.96 bits per heavy atom. The number of aromatic nitrogens is 3. The first-order valence-electron chi connectivity index (χ1n) is 7.01. The molecule has 0 aliphatic heterocycles. The van der Waals surface area contributed by atoms with Crippen molar-refractivity contribution in [2.75, 3.05) is 0 Å². The number of carbonyl (C=O) groups is 1. The third kappa shape index (κ3) is 3.12. The van der Waals surface area contributed by atoms with Gasteiger partial charge in [-0.3, -0.25) is 4.79 Å². The van der Waals surface area contributed by atoms with Gasteiger partial charge in [0, 0.05) is 11.4 Å². The van der Waals surface area contributed by atoms with Crippen molar-refractivity contribution < 1.29 is 15.0 Å². The van der Waals surface area contributed by atoms with Crippen LogP contribution in [0, 0.1) is 6.92 Å². The average Bonchev–Trinajstić information content (AvgIpc) is 2.90. The summed E-state index contributed by atoms with van der Waals surface area (Å²) in [7, 11) is 0. The Morgan fingerprint density at radius 1 is 1.22 bits per heavy atom. The maximum absolute atomic E-state index is 10.7. The second kappa shape index (κ2) is 5.89. The molecule has 0 atom stereocenters. The first-order chi connectivity index (χ1) is 10.9. The molecule has 3 rings (SSSR count). The van der Waals surface area contributed by atoms with Gasteiger partial charge in [0.15, 0.2) is 0 Å². The molecule has 2 aromatic carbocycles. The molecule has 1 heterocycles. The highest BCUT2D eigenvalue weighted by molar-refractivity contribution is 6.31. The van der Waals surface area contributed by atoms with Gasteiger partial charge < -0.3 is 10.2 Å². The molecule has 0 bridgehead atoms. The summed E-state index contributed by atoms with van der Waals surface area (Å²) in [5.41, 5.74) is 3.13. The van der Waals surface area contributed by atoms with Crippen LogP contribution in [0.2, 0.25) is 5.02 Å². The molecule has 0 aliphatic rings. The SMILES string of the molecule is Cc1cc(CCC(=O)O)cc(-n2nc3ccc(Cl)cc3n2)c1O. The number of phenols is 1. The molecule has 0 unspecified atom stereocenters. The zero-order chi connectivity index (χ0) is 16.6. The first kappa shape index (κ1) is 15.3. The van der Waals surface area contributed by atoms with Crippen LogP contribution in [-0.2, 0) is 11.2 Å². The molecule has 0 fully saturated rings. The number of nitrogens with zero attached hydrogens (tertiary/aromatic N) is 3. The highest BCUT2D eigenvalue weighted by Crippen LogP contribution is 2.28. The van der Waals surface area contributed by atoms with Crippen molar-refractivity contribution in [2.24, 2.45) is 0 Å². The van der Waals surface area contributed by atoms with E-state index in [1.165, 1.54) is 4.80 Å². The summed E-state index contributed by atoms with van der Waals surface area (Å²) in [6, 6.07) is 8.63. The topological polar surface area (TPSA) is 88.2 Å². The number of halogens is 1. The number of hydrogen-bond donors (Lipinski definition) is 2. The van der Waals surface area contributed by atoms with Gasteiger partial charge in [-0.1, -0.05) is 17.7 Å². The fourth-order valence-corrected chi connectivity index (χ4v) is 2.54. The van der Waals surface area contributed by atoms with Crippen LogP contribution < -0.4 is 0 Å². The van der Waals surface area contributed by atoms with Crippen molar-refractivity contribution in [3.8, 4) is 11.4 Å². The molecule has 6 nitrogen and oxygen atoms in total. The highest BCUT2D eigenvalue weighted by Gasteiger charge is 2.13. The van der Waals surface area contributed by atoms with Gasteiger partial charge >= 0.3 is 5.97 Å². The van der Waals surface area contributed by atoms with E-state index in [0.29, 0.717) is 33.7 Å². The lowest BCUT2D eigenvalue weighted by Crippen LogP contribution is -2.03. The number of hydrogen-bond acceptors (Lipinski definition) is 4. The fraction of sp³-hybridized carbons (Fsp3) is 0.188. The Labute approximate surface area is 136 Å². The zero-order valence-corrected chi connectivity index (χ0v) is 13.1.